The number of rotatable bonds is 4. The Bertz CT molecular complexity index is 843. The molecule has 0 N–H and O–H groups in total. The molecule has 152 valence electrons. The third-order valence-electron chi connectivity index (χ3n) is 4.07. The zero-order valence-corrected chi connectivity index (χ0v) is 17.8. The Kier molecular flexibility index (Phi) is 6.70. The van der Waals surface area contributed by atoms with Gasteiger partial charge < -0.3 is 0 Å². The van der Waals surface area contributed by atoms with E-state index in [0.717, 1.165) is 12.1 Å². The second-order valence-electron chi connectivity index (χ2n) is 6.29. The Morgan fingerprint density at radius 1 is 0.750 bits per heavy atom. The minimum Gasteiger partial charge on any atom is -0.289 e. The summed E-state index contributed by atoms with van der Waals surface area (Å²) in [6.07, 6.45) is -9.80. The normalized spacial score (nSPS) is 12.4. The van der Waals surface area contributed by atoms with E-state index in [2.05, 4.69) is 31.9 Å². The lowest BCUT2D eigenvalue weighted by atomic mass is 9.88. The standard InChI is InChI=1S/C19H14Br2F6O/c1-9-3-11(7-20)15(18(22,23)24)13(5-9)17(28)14-6-10(2)4-12(8-21)16(14)19(25,26)27/h3-6H,7-8H2,1-2H3. The van der Waals surface area contributed by atoms with Crippen molar-refractivity contribution in [3.63, 3.8) is 0 Å². The van der Waals surface area contributed by atoms with Gasteiger partial charge in [-0.1, -0.05) is 55.1 Å². The first-order chi connectivity index (χ1) is 12.8. The first-order valence-corrected chi connectivity index (χ1v) is 10.1. The molecule has 28 heavy (non-hydrogen) atoms. The van der Waals surface area contributed by atoms with Crippen molar-refractivity contribution in [1.29, 1.82) is 0 Å². The van der Waals surface area contributed by atoms with Gasteiger partial charge in [-0.2, -0.15) is 26.3 Å². The summed E-state index contributed by atoms with van der Waals surface area (Å²) >= 11 is 5.92. The SMILES string of the molecule is Cc1cc(CBr)c(C(F)(F)F)c(C(=O)c2cc(C)cc(CBr)c2C(F)(F)F)c1. The fraction of sp³-hybridized carbons (Fsp3) is 0.316. The zero-order chi connectivity index (χ0) is 21.4. The molecule has 1 nitrogen and oxygen atoms in total. The molecule has 2 rings (SSSR count). The van der Waals surface area contributed by atoms with Crippen LogP contribution in [0.25, 0.3) is 0 Å². The largest absolute Gasteiger partial charge is 0.417 e. The van der Waals surface area contributed by atoms with E-state index in [0.29, 0.717) is 11.1 Å². The van der Waals surface area contributed by atoms with E-state index >= 15 is 0 Å². The van der Waals surface area contributed by atoms with Crippen LogP contribution in [0.15, 0.2) is 24.3 Å². The maximum absolute atomic E-state index is 13.7. The van der Waals surface area contributed by atoms with Crippen LogP contribution in [-0.2, 0) is 23.0 Å². The molecule has 0 bridgehead atoms. The van der Waals surface area contributed by atoms with Gasteiger partial charge in [-0.05, 0) is 37.1 Å². The van der Waals surface area contributed by atoms with Crippen molar-refractivity contribution in [1.82, 2.24) is 0 Å². The number of benzene rings is 2. The molecular formula is C19H14Br2F6O. The average molecular weight is 532 g/mol. The monoisotopic (exact) mass is 530 g/mol. The summed E-state index contributed by atoms with van der Waals surface area (Å²) in [6, 6.07) is 4.46. The van der Waals surface area contributed by atoms with Gasteiger partial charge in [0.25, 0.3) is 0 Å². The summed E-state index contributed by atoms with van der Waals surface area (Å²) in [6.45, 7) is 2.96. The van der Waals surface area contributed by atoms with Crippen molar-refractivity contribution >= 4 is 37.6 Å². The second-order valence-corrected chi connectivity index (χ2v) is 7.41. The summed E-state index contributed by atoms with van der Waals surface area (Å²) in [7, 11) is 0. The van der Waals surface area contributed by atoms with Crippen LogP contribution in [0, 0.1) is 13.8 Å². The molecule has 0 aliphatic rings. The molecule has 0 amide bonds. The lowest BCUT2D eigenvalue weighted by Gasteiger charge is -2.20. The van der Waals surface area contributed by atoms with Crippen LogP contribution in [0.5, 0.6) is 0 Å². The fourth-order valence-corrected chi connectivity index (χ4v) is 3.99. The Morgan fingerprint density at radius 2 is 1.07 bits per heavy atom. The number of ketones is 1. The van der Waals surface area contributed by atoms with Crippen molar-refractivity contribution in [2.24, 2.45) is 0 Å². The van der Waals surface area contributed by atoms with E-state index in [9.17, 15) is 31.1 Å². The molecule has 0 aliphatic heterocycles. The number of carbonyl (C=O) groups is 1. The molecule has 0 aliphatic carbocycles. The smallest absolute Gasteiger partial charge is 0.289 e. The van der Waals surface area contributed by atoms with Gasteiger partial charge in [0.2, 0.25) is 0 Å². The molecule has 2 aromatic carbocycles. The molecule has 0 heterocycles. The first kappa shape index (κ1) is 22.9. The van der Waals surface area contributed by atoms with Gasteiger partial charge in [-0.25, -0.2) is 0 Å². The van der Waals surface area contributed by atoms with Gasteiger partial charge in [-0.15, -0.1) is 0 Å². The zero-order valence-electron chi connectivity index (χ0n) is 14.7. The van der Waals surface area contributed by atoms with Crippen LogP contribution in [0.2, 0.25) is 0 Å². The maximum atomic E-state index is 13.7. The lowest BCUT2D eigenvalue weighted by Crippen LogP contribution is -2.21. The molecule has 2 aromatic rings. The van der Waals surface area contributed by atoms with Crippen molar-refractivity contribution < 1.29 is 31.1 Å². The highest BCUT2D eigenvalue weighted by atomic mass is 79.9. The van der Waals surface area contributed by atoms with E-state index in [4.69, 9.17) is 0 Å². The van der Waals surface area contributed by atoms with E-state index in [1.54, 1.807) is 0 Å². The second kappa shape index (κ2) is 8.18. The van der Waals surface area contributed by atoms with Crippen LogP contribution in [0.4, 0.5) is 26.3 Å². The summed E-state index contributed by atoms with van der Waals surface area (Å²) in [5.41, 5.74) is -3.78. The topological polar surface area (TPSA) is 17.1 Å². The molecule has 0 aromatic heterocycles. The number of hydrogen-bond acceptors (Lipinski definition) is 1. The number of hydrogen-bond donors (Lipinski definition) is 0. The number of aryl methyl sites for hydroxylation is 2. The molecule has 0 fully saturated rings. The van der Waals surface area contributed by atoms with Gasteiger partial charge in [0, 0.05) is 21.8 Å². The minimum atomic E-state index is -4.90. The number of carbonyl (C=O) groups excluding carboxylic acids is 1. The van der Waals surface area contributed by atoms with Gasteiger partial charge in [0.05, 0.1) is 11.1 Å². The van der Waals surface area contributed by atoms with Crippen molar-refractivity contribution in [2.75, 3.05) is 0 Å². The van der Waals surface area contributed by atoms with Crippen LogP contribution < -0.4 is 0 Å². The summed E-state index contributed by atoms with van der Waals surface area (Å²) in [5.74, 6) is -1.31. The highest BCUT2D eigenvalue weighted by Crippen LogP contribution is 2.41. The van der Waals surface area contributed by atoms with Gasteiger partial charge >= 0.3 is 12.4 Å². The Balaban J connectivity index is 2.89. The van der Waals surface area contributed by atoms with Crippen LogP contribution in [0.3, 0.4) is 0 Å². The van der Waals surface area contributed by atoms with Crippen molar-refractivity contribution in [2.45, 2.75) is 36.9 Å². The predicted octanol–water partition coefficient (Wildman–Crippen LogP) is 7.36. The van der Waals surface area contributed by atoms with Gasteiger partial charge in [0.1, 0.15) is 0 Å². The molecule has 0 unspecified atom stereocenters. The molecule has 9 heteroatoms. The summed E-state index contributed by atoms with van der Waals surface area (Å²) < 4.78 is 82.0. The minimum absolute atomic E-state index is 0.198. The van der Waals surface area contributed by atoms with Gasteiger partial charge in [0.15, 0.2) is 5.78 Å². The average Bonchev–Trinajstić information content (AvgIpc) is 2.57. The molecule has 0 atom stereocenters. The highest BCUT2D eigenvalue weighted by Gasteiger charge is 2.41. The fourth-order valence-electron chi connectivity index (χ4n) is 3.11. The Labute approximate surface area is 174 Å². The molecule has 0 radical (unpaired) electrons. The number of alkyl halides is 8. The van der Waals surface area contributed by atoms with E-state index < -0.39 is 40.4 Å². The number of halogens is 8. The third-order valence-corrected chi connectivity index (χ3v) is 5.28. The van der Waals surface area contributed by atoms with Crippen LogP contribution in [0.1, 0.15) is 49.3 Å². The van der Waals surface area contributed by atoms with Gasteiger partial charge in [-0.3, -0.25) is 4.79 Å². The quantitative estimate of drug-likeness (QED) is 0.229. The Morgan fingerprint density at radius 3 is 1.32 bits per heavy atom. The van der Waals surface area contributed by atoms with Crippen molar-refractivity contribution in [3.8, 4) is 0 Å². The van der Waals surface area contributed by atoms with E-state index in [1.165, 1.54) is 26.0 Å². The highest BCUT2D eigenvalue weighted by molar-refractivity contribution is 9.08. The molecule has 0 saturated carbocycles. The molecular weight excluding hydrogens is 518 g/mol. The molecule has 0 spiro atoms. The van der Waals surface area contributed by atoms with E-state index in [1.807, 2.05) is 0 Å². The summed E-state index contributed by atoms with van der Waals surface area (Å²) in [4.78, 5) is 13.0. The molecule has 0 saturated heterocycles. The third kappa shape index (κ3) is 4.62. The Hall–Kier alpha value is -1.35. The van der Waals surface area contributed by atoms with E-state index in [-0.39, 0.29) is 21.8 Å². The maximum Gasteiger partial charge on any atom is 0.417 e. The van der Waals surface area contributed by atoms with Crippen LogP contribution >= 0.6 is 31.9 Å². The lowest BCUT2D eigenvalue weighted by molar-refractivity contribution is -0.138. The first-order valence-electron chi connectivity index (χ1n) is 7.89. The van der Waals surface area contributed by atoms with Crippen LogP contribution in [-0.4, -0.2) is 5.78 Å². The summed E-state index contributed by atoms with van der Waals surface area (Å²) in [5, 5.41) is -0.396. The predicted molar refractivity (Wildman–Crippen MR) is 101 cm³/mol. The van der Waals surface area contributed by atoms with Crippen molar-refractivity contribution in [3.05, 3.63) is 68.8 Å².